The van der Waals surface area contributed by atoms with Gasteiger partial charge in [0.1, 0.15) is 11.4 Å². The Hall–Kier alpha value is -3.01. The number of hydrogen-bond acceptors (Lipinski definition) is 6. The van der Waals surface area contributed by atoms with Gasteiger partial charge in [-0.1, -0.05) is 13.3 Å². The summed E-state index contributed by atoms with van der Waals surface area (Å²) in [5.74, 6) is -0.738. The lowest BCUT2D eigenvalue weighted by Gasteiger charge is -2.11. The van der Waals surface area contributed by atoms with Crippen LogP contribution in [0.15, 0.2) is 41.3 Å². The average molecular weight is 393 g/mol. The summed E-state index contributed by atoms with van der Waals surface area (Å²) in [4.78, 5) is 33.8. The molecule has 0 aliphatic carbocycles. The van der Waals surface area contributed by atoms with Gasteiger partial charge < -0.3 is 5.32 Å². The molecule has 0 radical (unpaired) electrons. The summed E-state index contributed by atoms with van der Waals surface area (Å²) < 4.78 is 13.0. The molecule has 10 heteroatoms. The van der Waals surface area contributed by atoms with E-state index in [2.05, 4.69) is 5.32 Å². The van der Waals surface area contributed by atoms with Crippen LogP contribution in [0.5, 0.6) is 0 Å². The lowest BCUT2D eigenvalue weighted by molar-refractivity contribution is -0.394. The summed E-state index contributed by atoms with van der Waals surface area (Å²) in [5, 5.41) is 25.0. The van der Waals surface area contributed by atoms with Crippen LogP contribution in [0.1, 0.15) is 30.1 Å². The fourth-order valence-electron chi connectivity index (χ4n) is 2.23. The molecule has 142 valence electrons. The zero-order valence-corrected chi connectivity index (χ0v) is 15.1. The second-order valence-electron chi connectivity index (χ2n) is 5.52. The van der Waals surface area contributed by atoms with Gasteiger partial charge >= 0.3 is 0 Å². The molecular weight excluding hydrogens is 377 g/mol. The van der Waals surface area contributed by atoms with E-state index in [4.69, 9.17) is 0 Å². The van der Waals surface area contributed by atoms with E-state index in [-0.39, 0.29) is 16.1 Å². The van der Waals surface area contributed by atoms with Gasteiger partial charge in [0.15, 0.2) is 0 Å². The number of nitro groups is 2. The Morgan fingerprint density at radius 2 is 1.81 bits per heavy atom. The summed E-state index contributed by atoms with van der Waals surface area (Å²) in [7, 11) is 0. The number of nitrogens with zero attached hydrogens (tertiary/aromatic N) is 2. The Morgan fingerprint density at radius 1 is 1.15 bits per heavy atom. The molecular formula is C17H16FN3O5S. The van der Waals surface area contributed by atoms with Gasteiger partial charge in [-0.05, 0) is 36.4 Å². The van der Waals surface area contributed by atoms with Crippen molar-refractivity contribution in [3.63, 3.8) is 0 Å². The van der Waals surface area contributed by atoms with Gasteiger partial charge in [-0.2, -0.15) is 0 Å². The van der Waals surface area contributed by atoms with E-state index in [1.54, 1.807) is 0 Å². The molecule has 8 nitrogen and oxygen atoms in total. The molecule has 2 aromatic rings. The number of halogens is 1. The van der Waals surface area contributed by atoms with Crippen LogP contribution in [0.2, 0.25) is 0 Å². The monoisotopic (exact) mass is 393 g/mol. The summed E-state index contributed by atoms with van der Waals surface area (Å²) in [6.07, 6.45) is 1.64. The van der Waals surface area contributed by atoms with Crippen LogP contribution >= 0.6 is 11.8 Å². The van der Waals surface area contributed by atoms with Crippen molar-refractivity contribution >= 4 is 34.7 Å². The highest BCUT2D eigenvalue weighted by molar-refractivity contribution is 7.99. The number of non-ortho nitro benzene ring substituents is 1. The molecule has 27 heavy (non-hydrogen) atoms. The first-order valence-corrected chi connectivity index (χ1v) is 8.98. The van der Waals surface area contributed by atoms with Crippen LogP contribution in [-0.2, 0) is 0 Å². The molecule has 1 amide bonds. The number of carbonyl (C=O) groups excluding carboxylic acids is 1. The molecule has 0 atom stereocenters. The molecule has 0 saturated carbocycles. The third-order valence-electron chi connectivity index (χ3n) is 3.56. The Morgan fingerprint density at radius 3 is 2.37 bits per heavy atom. The molecule has 0 aliphatic rings. The number of rotatable bonds is 8. The maximum atomic E-state index is 13.0. The van der Waals surface area contributed by atoms with Crippen molar-refractivity contribution in [2.45, 2.75) is 24.7 Å². The molecule has 0 aliphatic heterocycles. The standard InChI is InChI=1S/C17H16FN3O5S/c1-2-3-8-27-15-10-13(20(23)24)9-14(21(25)26)16(15)17(22)19-12-6-4-11(18)5-7-12/h4-7,9-10H,2-3,8H2,1H3,(H,19,22). The normalized spacial score (nSPS) is 10.4. The quantitative estimate of drug-likeness (QED) is 0.298. The first kappa shape index (κ1) is 20.3. The first-order chi connectivity index (χ1) is 12.8. The summed E-state index contributed by atoms with van der Waals surface area (Å²) in [6.45, 7) is 1.96. The van der Waals surface area contributed by atoms with Gasteiger partial charge in [0, 0.05) is 16.6 Å². The predicted molar refractivity (Wildman–Crippen MR) is 99.7 cm³/mol. The van der Waals surface area contributed by atoms with Crippen LogP contribution < -0.4 is 5.32 Å². The van der Waals surface area contributed by atoms with Crippen LogP contribution in [0, 0.1) is 26.0 Å². The van der Waals surface area contributed by atoms with Gasteiger partial charge in [-0.25, -0.2) is 4.39 Å². The maximum Gasteiger partial charge on any atom is 0.290 e. The number of hydrogen-bond donors (Lipinski definition) is 1. The van der Waals surface area contributed by atoms with E-state index < -0.39 is 32.9 Å². The first-order valence-electron chi connectivity index (χ1n) is 8.00. The fourth-order valence-corrected chi connectivity index (χ4v) is 3.43. The molecule has 0 unspecified atom stereocenters. The number of amides is 1. The number of nitro benzene ring substituents is 2. The van der Waals surface area contributed by atoms with Crippen molar-refractivity contribution in [2.24, 2.45) is 0 Å². The van der Waals surface area contributed by atoms with Crippen molar-refractivity contribution < 1.29 is 19.0 Å². The zero-order chi connectivity index (χ0) is 20.0. The summed E-state index contributed by atoms with van der Waals surface area (Å²) >= 11 is 1.15. The van der Waals surface area contributed by atoms with E-state index in [1.807, 2.05) is 6.92 Å². The second-order valence-corrected chi connectivity index (χ2v) is 6.65. The Balaban J connectivity index is 2.48. The maximum absolute atomic E-state index is 13.0. The van der Waals surface area contributed by atoms with Crippen LogP contribution in [0.3, 0.4) is 0 Å². The lowest BCUT2D eigenvalue weighted by Crippen LogP contribution is -2.15. The van der Waals surface area contributed by atoms with Crippen molar-refractivity contribution in [1.29, 1.82) is 0 Å². The molecule has 0 heterocycles. The minimum Gasteiger partial charge on any atom is -0.322 e. The average Bonchev–Trinajstić information content (AvgIpc) is 2.62. The SMILES string of the molecule is CCCCSc1cc([N+](=O)[O-])cc([N+](=O)[O-])c1C(=O)Nc1ccc(F)cc1. The van der Waals surface area contributed by atoms with Gasteiger partial charge in [0.25, 0.3) is 17.3 Å². The van der Waals surface area contributed by atoms with Crippen molar-refractivity contribution in [2.75, 3.05) is 11.1 Å². The molecule has 1 N–H and O–H groups in total. The van der Waals surface area contributed by atoms with Crippen molar-refractivity contribution in [1.82, 2.24) is 0 Å². The highest BCUT2D eigenvalue weighted by Gasteiger charge is 2.29. The predicted octanol–water partition coefficient (Wildman–Crippen LogP) is 4.79. The molecule has 2 aromatic carbocycles. The third-order valence-corrected chi connectivity index (χ3v) is 4.68. The van der Waals surface area contributed by atoms with Crippen molar-refractivity contribution in [3.8, 4) is 0 Å². The molecule has 0 bridgehead atoms. The Kier molecular flexibility index (Phi) is 6.83. The number of benzene rings is 2. The topological polar surface area (TPSA) is 115 Å². The minimum atomic E-state index is -0.823. The number of anilines is 1. The summed E-state index contributed by atoms with van der Waals surface area (Å²) in [6, 6.07) is 6.83. The van der Waals surface area contributed by atoms with Crippen molar-refractivity contribution in [3.05, 3.63) is 68.0 Å². The second kappa shape index (κ2) is 9.08. The van der Waals surface area contributed by atoms with Crippen LogP contribution in [-0.4, -0.2) is 21.5 Å². The lowest BCUT2D eigenvalue weighted by atomic mass is 10.1. The fraction of sp³-hybridized carbons (Fsp3) is 0.235. The molecule has 0 fully saturated rings. The smallest absolute Gasteiger partial charge is 0.290 e. The van der Waals surface area contributed by atoms with Gasteiger partial charge in [0.2, 0.25) is 0 Å². The Bertz CT molecular complexity index is 874. The third kappa shape index (κ3) is 5.23. The van der Waals surface area contributed by atoms with Gasteiger partial charge in [-0.15, -0.1) is 11.8 Å². The highest BCUT2D eigenvalue weighted by Crippen LogP contribution is 2.35. The number of carbonyl (C=O) groups is 1. The highest BCUT2D eigenvalue weighted by atomic mass is 32.2. The zero-order valence-electron chi connectivity index (χ0n) is 14.3. The van der Waals surface area contributed by atoms with Gasteiger partial charge in [-0.3, -0.25) is 25.0 Å². The molecule has 0 spiro atoms. The number of unbranched alkanes of at least 4 members (excludes halogenated alkanes) is 1. The van der Waals surface area contributed by atoms with E-state index in [0.717, 1.165) is 48.9 Å². The molecule has 0 aromatic heterocycles. The van der Waals surface area contributed by atoms with E-state index >= 15 is 0 Å². The number of thioether (sulfide) groups is 1. The Labute approximate surface area is 158 Å². The van der Waals surface area contributed by atoms with E-state index in [0.29, 0.717) is 5.75 Å². The van der Waals surface area contributed by atoms with Gasteiger partial charge in [0.05, 0.1) is 15.9 Å². The van der Waals surface area contributed by atoms with E-state index in [1.165, 1.54) is 12.1 Å². The van der Waals surface area contributed by atoms with Crippen LogP contribution in [0.4, 0.5) is 21.5 Å². The largest absolute Gasteiger partial charge is 0.322 e. The minimum absolute atomic E-state index is 0.156. The summed E-state index contributed by atoms with van der Waals surface area (Å²) in [5.41, 5.74) is -1.11. The van der Waals surface area contributed by atoms with E-state index in [9.17, 15) is 29.4 Å². The number of nitrogens with one attached hydrogen (secondary N) is 1. The molecule has 0 saturated heterocycles. The van der Waals surface area contributed by atoms with Crippen LogP contribution in [0.25, 0.3) is 0 Å². The molecule has 2 rings (SSSR count).